The number of nitrogens with zero attached hydrogens (tertiary/aromatic N) is 6. The lowest BCUT2D eigenvalue weighted by molar-refractivity contribution is 0.107. The Morgan fingerprint density at radius 2 is 1.88 bits per heavy atom. The lowest BCUT2D eigenvalue weighted by Crippen LogP contribution is -2.51. The van der Waals surface area contributed by atoms with Gasteiger partial charge in [0.05, 0.1) is 5.54 Å². The van der Waals surface area contributed by atoms with Gasteiger partial charge in [-0.25, -0.2) is 9.37 Å². The summed E-state index contributed by atoms with van der Waals surface area (Å²) in [5.41, 5.74) is 1.50. The van der Waals surface area contributed by atoms with Crippen LogP contribution in [0.4, 0.5) is 10.2 Å². The van der Waals surface area contributed by atoms with Crippen molar-refractivity contribution in [1.29, 1.82) is 0 Å². The lowest BCUT2D eigenvalue weighted by Gasteiger charge is -2.35. The molecule has 33 heavy (non-hydrogen) atoms. The molecule has 5 aliphatic rings. The van der Waals surface area contributed by atoms with Crippen molar-refractivity contribution in [2.75, 3.05) is 37.7 Å². The van der Waals surface area contributed by atoms with Crippen LogP contribution in [-0.2, 0) is 0 Å². The van der Waals surface area contributed by atoms with Gasteiger partial charge in [-0.3, -0.25) is 4.90 Å². The zero-order valence-electron chi connectivity index (χ0n) is 18.8. The highest BCUT2D eigenvalue weighted by atomic mass is 79.9. The zero-order valence-corrected chi connectivity index (χ0v) is 20.4. The van der Waals surface area contributed by atoms with Gasteiger partial charge in [-0.05, 0) is 67.4 Å². The first-order chi connectivity index (χ1) is 16.1. The first-order valence-electron chi connectivity index (χ1n) is 12.6. The second-order valence-corrected chi connectivity index (χ2v) is 11.5. The highest BCUT2D eigenvalue weighted by Gasteiger charge is 2.49. The van der Waals surface area contributed by atoms with Gasteiger partial charge in [-0.15, -0.1) is 0 Å². The van der Waals surface area contributed by atoms with Crippen LogP contribution in [0.15, 0.2) is 4.73 Å². The van der Waals surface area contributed by atoms with Gasteiger partial charge < -0.3 is 19.5 Å². The summed E-state index contributed by atoms with van der Waals surface area (Å²) in [4.78, 5) is 19.2. The van der Waals surface area contributed by atoms with Crippen LogP contribution in [0.5, 0.6) is 6.01 Å². The molecule has 5 fully saturated rings. The number of hydrogen-bond donors (Lipinski definition) is 1. The summed E-state index contributed by atoms with van der Waals surface area (Å²) in [6.45, 7) is 3.80. The Labute approximate surface area is 201 Å². The molecule has 2 bridgehead atoms. The number of fused-ring (bicyclic) bond motifs is 4. The van der Waals surface area contributed by atoms with Crippen LogP contribution in [-0.4, -0.2) is 81.0 Å². The van der Waals surface area contributed by atoms with Crippen LogP contribution in [0.1, 0.15) is 57.4 Å². The summed E-state index contributed by atoms with van der Waals surface area (Å²) in [7, 11) is 0. The number of anilines is 1. The van der Waals surface area contributed by atoms with E-state index in [1.807, 2.05) is 0 Å². The molecular formula is C23H31BrFN7O. The number of rotatable bonds is 5. The van der Waals surface area contributed by atoms with E-state index in [2.05, 4.69) is 35.6 Å². The average molecular weight is 520 g/mol. The fourth-order valence-corrected chi connectivity index (χ4v) is 7.45. The molecule has 178 valence electrons. The molecule has 2 unspecified atom stereocenters. The fourth-order valence-electron chi connectivity index (χ4n) is 6.82. The summed E-state index contributed by atoms with van der Waals surface area (Å²) in [6.07, 6.45) is 7.87. The van der Waals surface area contributed by atoms with Crippen LogP contribution in [0, 0.1) is 0 Å². The standard InChI is InChI=1S/C23H31BrFN7O/c24-21-27-19-18(32(21)17-3-1-4-17)20(30-11-15-5-6-16(12-30)26-15)29-22(28-19)33-13-23-7-2-8-31(23)10-14(25)9-23/h14-17,26H,1-13H2/t14-,15?,16?,23+/m1/s1. The summed E-state index contributed by atoms with van der Waals surface area (Å²) in [5, 5.41) is 3.72. The Morgan fingerprint density at radius 3 is 2.64 bits per heavy atom. The second kappa shape index (κ2) is 7.75. The molecule has 2 aromatic rings. The molecule has 4 saturated heterocycles. The van der Waals surface area contributed by atoms with E-state index in [-0.39, 0.29) is 5.54 Å². The summed E-state index contributed by atoms with van der Waals surface area (Å²) >= 11 is 3.70. The third-order valence-electron chi connectivity index (χ3n) is 8.65. The Kier molecular flexibility index (Phi) is 4.89. The molecule has 6 heterocycles. The number of halogens is 2. The van der Waals surface area contributed by atoms with Gasteiger partial charge in [-0.1, -0.05) is 0 Å². The van der Waals surface area contributed by atoms with E-state index in [1.54, 1.807) is 0 Å². The van der Waals surface area contributed by atoms with E-state index in [1.165, 1.54) is 19.3 Å². The molecule has 10 heteroatoms. The smallest absolute Gasteiger partial charge is 0.320 e. The van der Waals surface area contributed by atoms with E-state index in [0.717, 1.165) is 61.4 Å². The van der Waals surface area contributed by atoms with Gasteiger partial charge in [-0.2, -0.15) is 9.97 Å². The van der Waals surface area contributed by atoms with Crippen molar-refractivity contribution in [2.24, 2.45) is 0 Å². The molecule has 7 rings (SSSR count). The molecule has 4 atom stereocenters. The molecule has 4 aliphatic heterocycles. The fraction of sp³-hybridized carbons (Fsp3) is 0.783. The van der Waals surface area contributed by atoms with E-state index < -0.39 is 6.17 Å². The highest BCUT2D eigenvalue weighted by Crippen LogP contribution is 2.42. The maximum absolute atomic E-state index is 14.2. The highest BCUT2D eigenvalue weighted by molar-refractivity contribution is 9.10. The number of aromatic nitrogens is 4. The Balaban J connectivity index is 1.26. The minimum absolute atomic E-state index is 0.210. The van der Waals surface area contributed by atoms with Crippen molar-refractivity contribution in [3.63, 3.8) is 0 Å². The Hall–Kier alpha value is -1.52. The van der Waals surface area contributed by atoms with Crippen LogP contribution >= 0.6 is 15.9 Å². The number of alkyl halides is 1. The minimum Gasteiger partial charge on any atom is -0.461 e. The SMILES string of the molecule is F[C@H]1CN2CCC[C@@]2(COc2nc(N3CC4CCC(C3)N4)c3c(n2)nc(Br)n3C2CCC2)C1. The van der Waals surface area contributed by atoms with Gasteiger partial charge in [0.15, 0.2) is 16.2 Å². The number of imidazole rings is 1. The van der Waals surface area contributed by atoms with Gasteiger partial charge >= 0.3 is 6.01 Å². The minimum atomic E-state index is -0.765. The maximum atomic E-state index is 14.2. The molecule has 1 aliphatic carbocycles. The first-order valence-corrected chi connectivity index (χ1v) is 13.4. The van der Waals surface area contributed by atoms with Crippen LogP contribution in [0.25, 0.3) is 11.2 Å². The number of piperazine rings is 1. The summed E-state index contributed by atoms with van der Waals surface area (Å²) in [6, 6.07) is 1.84. The van der Waals surface area contributed by atoms with Crippen molar-refractivity contribution in [1.82, 2.24) is 29.7 Å². The monoisotopic (exact) mass is 519 g/mol. The lowest BCUT2D eigenvalue weighted by atomic mass is 9.93. The average Bonchev–Trinajstić information content (AvgIpc) is 3.47. The number of nitrogens with one attached hydrogen (secondary N) is 1. The molecule has 0 radical (unpaired) electrons. The molecule has 2 aromatic heterocycles. The summed E-state index contributed by atoms with van der Waals surface area (Å²) in [5.74, 6) is 0.939. The van der Waals surface area contributed by atoms with E-state index in [0.29, 0.717) is 49.4 Å². The van der Waals surface area contributed by atoms with Crippen LogP contribution in [0.2, 0.25) is 0 Å². The zero-order chi connectivity index (χ0) is 22.2. The number of hydrogen-bond acceptors (Lipinski definition) is 7. The predicted molar refractivity (Wildman–Crippen MR) is 127 cm³/mol. The van der Waals surface area contributed by atoms with Crippen molar-refractivity contribution in [2.45, 2.75) is 81.2 Å². The largest absolute Gasteiger partial charge is 0.461 e. The number of ether oxygens (including phenoxy) is 1. The van der Waals surface area contributed by atoms with Crippen LogP contribution < -0.4 is 15.0 Å². The second-order valence-electron chi connectivity index (χ2n) is 10.7. The molecule has 0 aromatic carbocycles. The first kappa shape index (κ1) is 20.8. The Morgan fingerprint density at radius 1 is 1.06 bits per heavy atom. The van der Waals surface area contributed by atoms with Crippen molar-refractivity contribution in [3.8, 4) is 6.01 Å². The third-order valence-corrected chi connectivity index (χ3v) is 9.21. The van der Waals surface area contributed by atoms with Gasteiger partial charge in [0, 0.05) is 44.2 Å². The maximum Gasteiger partial charge on any atom is 0.320 e. The summed E-state index contributed by atoms with van der Waals surface area (Å²) < 4.78 is 23.6. The molecule has 1 saturated carbocycles. The van der Waals surface area contributed by atoms with Crippen molar-refractivity contribution in [3.05, 3.63) is 4.73 Å². The molecule has 0 amide bonds. The van der Waals surface area contributed by atoms with Crippen molar-refractivity contribution >= 4 is 32.9 Å². The van der Waals surface area contributed by atoms with E-state index >= 15 is 0 Å². The molecular weight excluding hydrogens is 489 g/mol. The Bertz CT molecular complexity index is 1060. The molecule has 8 nitrogen and oxygen atoms in total. The molecule has 0 spiro atoms. The quantitative estimate of drug-likeness (QED) is 0.608. The predicted octanol–water partition coefficient (Wildman–Crippen LogP) is 3.21. The molecule has 1 N–H and O–H groups in total. The van der Waals surface area contributed by atoms with Gasteiger partial charge in [0.2, 0.25) is 0 Å². The van der Waals surface area contributed by atoms with Gasteiger partial charge in [0.1, 0.15) is 18.3 Å². The van der Waals surface area contributed by atoms with Crippen molar-refractivity contribution < 1.29 is 9.13 Å². The van der Waals surface area contributed by atoms with E-state index in [9.17, 15) is 4.39 Å². The normalized spacial score (nSPS) is 34.2. The van der Waals surface area contributed by atoms with Crippen LogP contribution in [0.3, 0.4) is 0 Å². The topological polar surface area (TPSA) is 71.3 Å². The van der Waals surface area contributed by atoms with E-state index in [4.69, 9.17) is 19.7 Å². The third kappa shape index (κ3) is 3.38. The van der Waals surface area contributed by atoms with Gasteiger partial charge in [0.25, 0.3) is 0 Å².